The van der Waals surface area contributed by atoms with Gasteiger partial charge in [0.1, 0.15) is 5.75 Å². The van der Waals surface area contributed by atoms with Gasteiger partial charge in [-0.05, 0) is 73.1 Å². The molecule has 1 aliphatic carbocycles. The summed E-state index contributed by atoms with van der Waals surface area (Å²) in [6.45, 7) is 6.78. The van der Waals surface area contributed by atoms with Crippen LogP contribution in [0.5, 0.6) is 5.75 Å². The van der Waals surface area contributed by atoms with Crippen LogP contribution in [-0.4, -0.2) is 15.9 Å². The number of nitriles is 1. The minimum atomic E-state index is -4.73. The fourth-order valence-corrected chi connectivity index (χ4v) is 4.98. The van der Waals surface area contributed by atoms with Crippen LogP contribution in [0.4, 0.5) is 24.8 Å². The van der Waals surface area contributed by atoms with Crippen molar-refractivity contribution in [3.05, 3.63) is 48.0 Å². The lowest BCUT2D eigenvalue weighted by Gasteiger charge is -2.40. The van der Waals surface area contributed by atoms with E-state index in [9.17, 15) is 18.4 Å². The number of hydrogen-bond donors (Lipinski definition) is 1. The van der Waals surface area contributed by atoms with Crippen LogP contribution in [0, 0.1) is 22.7 Å². The van der Waals surface area contributed by atoms with Crippen molar-refractivity contribution in [2.75, 3.05) is 5.32 Å². The molecule has 1 fully saturated rings. The Morgan fingerprint density at radius 1 is 1.16 bits per heavy atom. The summed E-state index contributed by atoms with van der Waals surface area (Å²) in [5.41, 5.74) is 2.96. The van der Waals surface area contributed by atoms with Crippen molar-refractivity contribution >= 4 is 22.7 Å². The van der Waals surface area contributed by atoms with Crippen molar-refractivity contribution in [2.24, 2.45) is 11.3 Å². The van der Waals surface area contributed by atoms with Crippen molar-refractivity contribution in [1.29, 1.82) is 5.26 Å². The molecule has 4 rings (SSSR count). The van der Waals surface area contributed by atoms with Crippen LogP contribution in [0.3, 0.4) is 0 Å². The standard InChI is InChI=1S/C24H25F3N4O/c1-15-10-18(13-23(2,3)12-15)31-21-11-16(14-28)4-9-20(21)30-22(31)29-17-5-7-19(8-6-17)32-24(25,26)27/h4-9,11,15,18H,10,12-13H2,1-3H3,(H,29,30)/t15-,18+/m0/s1. The molecule has 1 aliphatic rings. The Morgan fingerprint density at radius 3 is 2.50 bits per heavy atom. The molecule has 1 saturated carbocycles. The molecule has 1 heterocycles. The molecular formula is C24H25F3N4O. The smallest absolute Gasteiger partial charge is 0.406 e. The van der Waals surface area contributed by atoms with Crippen molar-refractivity contribution in [3.8, 4) is 11.8 Å². The van der Waals surface area contributed by atoms with Gasteiger partial charge in [-0.25, -0.2) is 4.98 Å². The van der Waals surface area contributed by atoms with Gasteiger partial charge in [-0.2, -0.15) is 5.26 Å². The average Bonchev–Trinajstić information content (AvgIpc) is 3.03. The van der Waals surface area contributed by atoms with Crippen LogP contribution in [0.25, 0.3) is 11.0 Å². The summed E-state index contributed by atoms with van der Waals surface area (Å²) in [5, 5.41) is 12.6. The molecule has 1 aromatic heterocycles. The van der Waals surface area contributed by atoms with Gasteiger partial charge < -0.3 is 14.6 Å². The van der Waals surface area contributed by atoms with E-state index in [1.807, 2.05) is 12.1 Å². The summed E-state index contributed by atoms with van der Waals surface area (Å²) in [5.74, 6) is 0.861. The molecule has 8 heteroatoms. The van der Waals surface area contributed by atoms with Crippen LogP contribution >= 0.6 is 0 Å². The second-order valence-electron chi connectivity index (χ2n) is 9.39. The summed E-state index contributed by atoms with van der Waals surface area (Å²) in [6, 6.07) is 13.4. The Morgan fingerprint density at radius 2 is 1.88 bits per heavy atom. The maximum atomic E-state index is 12.4. The van der Waals surface area contributed by atoms with Gasteiger partial charge in [0, 0.05) is 11.7 Å². The topological polar surface area (TPSA) is 62.9 Å². The highest BCUT2D eigenvalue weighted by atomic mass is 19.4. The van der Waals surface area contributed by atoms with Gasteiger partial charge >= 0.3 is 6.36 Å². The molecule has 0 saturated heterocycles. The fraction of sp³-hybridized carbons (Fsp3) is 0.417. The molecule has 0 bridgehead atoms. The summed E-state index contributed by atoms with van der Waals surface area (Å²) < 4.78 is 43.4. The Hall–Kier alpha value is -3.21. The number of anilines is 2. The number of nitrogens with zero attached hydrogens (tertiary/aromatic N) is 3. The van der Waals surface area contributed by atoms with Crippen molar-refractivity contribution in [3.63, 3.8) is 0 Å². The van der Waals surface area contributed by atoms with Gasteiger partial charge in [-0.1, -0.05) is 20.8 Å². The van der Waals surface area contributed by atoms with Crippen molar-refractivity contribution in [1.82, 2.24) is 9.55 Å². The van der Waals surface area contributed by atoms with E-state index in [1.54, 1.807) is 6.07 Å². The van der Waals surface area contributed by atoms with E-state index >= 15 is 0 Å². The summed E-state index contributed by atoms with van der Waals surface area (Å²) in [4.78, 5) is 4.74. The number of rotatable bonds is 4. The Bertz CT molecular complexity index is 1160. The Balaban J connectivity index is 1.72. The molecule has 0 spiro atoms. The van der Waals surface area contributed by atoms with Crippen LogP contribution < -0.4 is 10.1 Å². The first kappa shape index (κ1) is 22.0. The van der Waals surface area contributed by atoms with E-state index in [2.05, 4.69) is 41.5 Å². The average molecular weight is 442 g/mol. The first-order valence-corrected chi connectivity index (χ1v) is 10.6. The monoisotopic (exact) mass is 442 g/mol. The van der Waals surface area contributed by atoms with Gasteiger partial charge in [-0.3, -0.25) is 0 Å². The number of alkyl halides is 3. The number of fused-ring (bicyclic) bond motifs is 1. The Kier molecular flexibility index (Phi) is 5.53. The normalized spacial score (nSPS) is 20.7. The third kappa shape index (κ3) is 4.82. The molecular weight excluding hydrogens is 417 g/mol. The highest BCUT2D eigenvalue weighted by Gasteiger charge is 2.35. The highest BCUT2D eigenvalue weighted by Crippen LogP contribution is 2.46. The van der Waals surface area contributed by atoms with Crippen molar-refractivity contribution in [2.45, 2.75) is 52.4 Å². The second kappa shape index (κ2) is 8.05. The number of nitrogens with one attached hydrogen (secondary N) is 1. The molecule has 32 heavy (non-hydrogen) atoms. The van der Waals surface area contributed by atoms with E-state index < -0.39 is 6.36 Å². The lowest BCUT2D eigenvalue weighted by atomic mass is 9.70. The lowest BCUT2D eigenvalue weighted by molar-refractivity contribution is -0.274. The van der Waals surface area contributed by atoms with Gasteiger partial charge in [-0.15, -0.1) is 13.2 Å². The van der Waals surface area contributed by atoms with Gasteiger partial charge in [0.05, 0.1) is 22.7 Å². The van der Waals surface area contributed by atoms with Gasteiger partial charge in [0.2, 0.25) is 5.95 Å². The quantitative estimate of drug-likeness (QED) is 0.475. The molecule has 5 nitrogen and oxygen atoms in total. The first-order chi connectivity index (χ1) is 15.0. The summed E-state index contributed by atoms with van der Waals surface area (Å²) >= 11 is 0. The molecule has 0 radical (unpaired) electrons. The first-order valence-electron chi connectivity index (χ1n) is 10.6. The second-order valence-corrected chi connectivity index (χ2v) is 9.39. The van der Waals surface area contributed by atoms with Crippen LogP contribution in [0.15, 0.2) is 42.5 Å². The van der Waals surface area contributed by atoms with E-state index in [1.165, 1.54) is 24.3 Å². The van der Waals surface area contributed by atoms with E-state index in [0.717, 1.165) is 30.3 Å². The third-order valence-corrected chi connectivity index (χ3v) is 5.89. The third-order valence-electron chi connectivity index (χ3n) is 5.89. The SMILES string of the molecule is C[C@H]1C[C@@H](n2c(Nc3ccc(OC(F)(F)F)cc3)nc3ccc(C#N)cc32)CC(C)(C)C1. The van der Waals surface area contributed by atoms with Crippen LogP contribution in [0.2, 0.25) is 0 Å². The molecule has 168 valence electrons. The number of hydrogen-bond acceptors (Lipinski definition) is 4. The predicted molar refractivity (Wildman–Crippen MR) is 117 cm³/mol. The zero-order valence-electron chi connectivity index (χ0n) is 18.2. The Labute approximate surface area is 184 Å². The largest absolute Gasteiger partial charge is 0.573 e. The molecule has 0 unspecified atom stereocenters. The molecule has 1 N–H and O–H groups in total. The number of halogens is 3. The van der Waals surface area contributed by atoms with E-state index in [4.69, 9.17) is 4.98 Å². The van der Waals surface area contributed by atoms with E-state index in [0.29, 0.717) is 23.1 Å². The number of benzene rings is 2. The predicted octanol–water partition coefficient (Wildman–Crippen LogP) is 6.94. The van der Waals surface area contributed by atoms with Gasteiger partial charge in [0.25, 0.3) is 0 Å². The summed E-state index contributed by atoms with van der Waals surface area (Å²) in [7, 11) is 0. The molecule has 3 aromatic rings. The highest BCUT2D eigenvalue weighted by molar-refractivity contribution is 5.81. The lowest BCUT2D eigenvalue weighted by Crippen LogP contribution is -2.29. The maximum absolute atomic E-state index is 12.4. The van der Waals surface area contributed by atoms with Crippen LogP contribution in [0.1, 0.15) is 51.6 Å². The number of imidazole rings is 1. The van der Waals surface area contributed by atoms with Crippen LogP contribution in [-0.2, 0) is 0 Å². The number of aromatic nitrogens is 2. The molecule has 2 aromatic carbocycles. The van der Waals surface area contributed by atoms with Gasteiger partial charge in [0.15, 0.2) is 0 Å². The maximum Gasteiger partial charge on any atom is 0.573 e. The minimum absolute atomic E-state index is 0.166. The molecule has 0 aliphatic heterocycles. The summed E-state index contributed by atoms with van der Waals surface area (Å²) in [6.07, 6.45) is -1.64. The molecule has 2 atom stereocenters. The zero-order valence-corrected chi connectivity index (χ0v) is 18.2. The zero-order chi connectivity index (χ0) is 23.1. The minimum Gasteiger partial charge on any atom is -0.406 e. The van der Waals surface area contributed by atoms with Crippen molar-refractivity contribution < 1.29 is 17.9 Å². The fourth-order valence-electron chi connectivity index (χ4n) is 4.98. The number of ether oxygens (including phenoxy) is 1. The molecule has 0 amide bonds. The van der Waals surface area contributed by atoms with E-state index in [-0.39, 0.29) is 17.2 Å².